The number of carbonyl (C=O) groups excluding carboxylic acids is 3. The number of anilines is 1. The maximum absolute atomic E-state index is 12.9. The summed E-state index contributed by atoms with van der Waals surface area (Å²) in [6.45, 7) is 11.0. The SMILES string of the molecule is Cc1ccnc(NC(=O)C2CCN(C(=O)C(C)NC(=O)c3ccc(C(C)(C)C)cc3)CC2)c1. The van der Waals surface area contributed by atoms with E-state index < -0.39 is 6.04 Å². The molecule has 1 aliphatic rings. The van der Waals surface area contributed by atoms with E-state index in [4.69, 9.17) is 0 Å². The van der Waals surface area contributed by atoms with E-state index in [9.17, 15) is 14.4 Å². The largest absolute Gasteiger partial charge is 0.341 e. The molecule has 0 saturated carbocycles. The molecule has 1 aromatic carbocycles. The summed E-state index contributed by atoms with van der Waals surface area (Å²) in [6.07, 6.45) is 2.83. The van der Waals surface area contributed by atoms with Crippen molar-refractivity contribution in [3.63, 3.8) is 0 Å². The Labute approximate surface area is 196 Å². The van der Waals surface area contributed by atoms with Crippen molar-refractivity contribution < 1.29 is 14.4 Å². The third-order valence-electron chi connectivity index (χ3n) is 6.08. The fourth-order valence-electron chi connectivity index (χ4n) is 3.93. The second kappa shape index (κ2) is 10.1. The van der Waals surface area contributed by atoms with Gasteiger partial charge in [-0.15, -0.1) is 0 Å². The predicted octanol–water partition coefficient (Wildman–Crippen LogP) is 3.68. The Morgan fingerprint density at radius 2 is 1.70 bits per heavy atom. The maximum atomic E-state index is 12.9. The summed E-state index contributed by atoms with van der Waals surface area (Å²) in [6, 6.07) is 10.5. The van der Waals surface area contributed by atoms with Crippen LogP contribution in [0.3, 0.4) is 0 Å². The van der Waals surface area contributed by atoms with Crippen molar-refractivity contribution in [2.75, 3.05) is 18.4 Å². The van der Waals surface area contributed by atoms with Crippen LogP contribution in [0.25, 0.3) is 0 Å². The lowest BCUT2D eigenvalue weighted by atomic mass is 9.86. The normalized spacial score (nSPS) is 15.6. The number of aromatic nitrogens is 1. The van der Waals surface area contributed by atoms with Crippen LogP contribution in [0.4, 0.5) is 5.82 Å². The van der Waals surface area contributed by atoms with Crippen LogP contribution in [-0.4, -0.2) is 46.7 Å². The van der Waals surface area contributed by atoms with Gasteiger partial charge in [-0.05, 0) is 67.5 Å². The third kappa shape index (κ3) is 6.40. The number of hydrogen-bond donors (Lipinski definition) is 2. The maximum Gasteiger partial charge on any atom is 0.251 e. The predicted molar refractivity (Wildman–Crippen MR) is 129 cm³/mol. The van der Waals surface area contributed by atoms with Crippen molar-refractivity contribution in [3.8, 4) is 0 Å². The molecule has 33 heavy (non-hydrogen) atoms. The molecule has 3 rings (SSSR count). The number of hydrogen-bond acceptors (Lipinski definition) is 4. The van der Waals surface area contributed by atoms with Gasteiger partial charge in [-0.1, -0.05) is 32.9 Å². The zero-order chi connectivity index (χ0) is 24.2. The molecule has 0 spiro atoms. The molecule has 0 aliphatic carbocycles. The second-order valence-electron chi connectivity index (χ2n) is 9.83. The minimum absolute atomic E-state index is 0.0117. The van der Waals surface area contributed by atoms with Crippen LogP contribution in [-0.2, 0) is 15.0 Å². The average Bonchev–Trinajstić information content (AvgIpc) is 2.78. The number of rotatable bonds is 5. The van der Waals surface area contributed by atoms with E-state index in [0.29, 0.717) is 37.3 Å². The molecule has 1 saturated heterocycles. The van der Waals surface area contributed by atoms with Crippen molar-refractivity contribution in [3.05, 3.63) is 59.3 Å². The first-order chi connectivity index (χ1) is 15.5. The van der Waals surface area contributed by atoms with Crippen molar-refractivity contribution in [1.82, 2.24) is 15.2 Å². The van der Waals surface area contributed by atoms with Crippen molar-refractivity contribution in [2.24, 2.45) is 5.92 Å². The highest BCUT2D eigenvalue weighted by Crippen LogP contribution is 2.22. The minimum atomic E-state index is -0.637. The molecule has 2 aromatic rings. The molecule has 1 aliphatic heterocycles. The van der Waals surface area contributed by atoms with Crippen molar-refractivity contribution in [2.45, 2.75) is 58.9 Å². The van der Waals surface area contributed by atoms with Gasteiger partial charge < -0.3 is 15.5 Å². The summed E-state index contributed by atoms with van der Waals surface area (Å²) in [4.78, 5) is 43.9. The van der Waals surface area contributed by atoms with E-state index in [0.717, 1.165) is 11.1 Å². The lowest BCUT2D eigenvalue weighted by Crippen LogP contribution is -2.50. The van der Waals surface area contributed by atoms with Gasteiger partial charge in [-0.2, -0.15) is 0 Å². The van der Waals surface area contributed by atoms with Gasteiger partial charge in [0.2, 0.25) is 11.8 Å². The smallest absolute Gasteiger partial charge is 0.251 e. The molecule has 0 radical (unpaired) electrons. The molecular weight excluding hydrogens is 416 g/mol. The fraction of sp³-hybridized carbons (Fsp3) is 0.462. The summed E-state index contributed by atoms with van der Waals surface area (Å²) in [7, 11) is 0. The molecule has 7 nitrogen and oxygen atoms in total. The molecule has 1 unspecified atom stereocenters. The number of likely N-dealkylation sites (tertiary alicyclic amines) is 1. The first-order valence-electron chi connectivity index (χ1n) is 11.5. The molecule has 2 N–H and O–H groups in total. The van der Waals surface area contributed by atoms with E-state index in [1.807, 2.05) is 31.2 Å². The molecule has 3 amide bonds. The number of nitrogens with zero attached hydrogens (tertiary/aromatic N) is 2. The van der Waals surface area contributed by atoms with Crippen LogP contribution in [0.2, 0.25) is 0 Å². The van der Waals surface area contributed by atoms with E-state index in [1.165, 1.54) is 0 Å². The Morgan fingerprint density at radius 3 is 2.27 bits per heavy atom. The van der Waals surface area contributed by atoms with Crippen molar-refractivity contribution >= 4 is 23.5 Å². The van der Waals surface area contributed by atoms with Crippen LogP contribution in [0.15, 0.2) is 42.6 Å². The van der Waals surface area contributed by atoms with Gasteiger partial charge in [0.15, 0.2) is 0 Å². The van der Waals surface area contributed by atoms with Gasteiger partial charge in [-0.25, -0.2) is 4.98 Å². The Bertz CT molecular complexity index is 1000. The summed E-state index contributed by atoms with van der Waals surface area (Å²) in [5.41, 5.74) is 2.72. The molecule has 7 heteroatoms. The Balaban J connectivity index is 1.49. The Morgan fingerprint density at radius 1 is 1.06 bits per heavy atom. The standard InChI is InChI=1S/C26H34N4O3/c1-17-10-13-27-22(16-17)29-24(32)20-11-14-30(15-12-20)25(33)18(2)28-23(31)19-6-8-21(9-7-19)26(3,4)5/h6-10,13,16,18,20H,11-12,14-15H2,1-5H3,(H,28,31)(H,27,29,32). The third-order valence-corrected chi connectivity index (χ3v) is 6.08. The lowest BCUT2D eigenvalue weighted by Gasteiger charge is -2.33. The monoisotopic (exact) mass is 450 g/mol. The van der Waals surface area contributed by atoms with E-state index in [2.05, 4.69) is 36.4 Å². The van der Waals surface area contributed by atoms with Crippen molar-refractivity contribution in [1.29, 1.82) is 0 Å². The molecule has 176 valence electrons. The number of nitrogens with one attached hydrogen (secondary N) is 2. The number of benzene rings is 1. The van der Waals surface area contributed by atoms with Gasteiger partial charge in [0, 0.05) is 30.8 Å². The van der Waals surface area contributed by atoms with Crippen LogP contribution >= 0.6 is 0 Å². The zero-order valence-electron chi connectivity index (χ0n) is 20.1. The zero-order valence-corrected chi connectivity index (χ0v) is 20.1. The molecule has 2 heterocycles. The first kappa shape index (κ1) is 24.4. The summed E-state index contributed by atoms with van der Waals surface area (Å²) in [5, 5.41) is 5.67. The average molecular weight is 451 g/mol. The van der Waals surface area contributed by atoms with E-state index in [1.54, 1.807) is 30.2 Å². The number of piperidine rings is 1. The number of pyridine rings is 1. The van der Waals surface area contributed by atoms with E-state index >= 15 is 0 Å². The molecule has 1 fully saturated rings. The highest BCUT2D eigenvalue weighted by Gasteiger charge is 2.30. The fourth-order valence-corrected chi connectivity index (χ4v) is 3.93. The summed E-state index contributed by atoms with van der Waals surface area (Å²) >= 11 is 0. The van der Waals surface area contributed by atoms with E-state index in [-0.39, 0.29) is 29.1 Å². The lowest BCUT2D eigenvalue weighted by molar-refractivity contribution is -0.135. The highest BCUT2D eigenvalue weighted by molar-refractivity contribution is 5.97. The Kier molecular flexibility index (Phi) is 7.51. The van der Waals surface area contributed by atoms with Gasteiger partial charge in [-0.3, -0.25) is 14.4 Å². The quantitative estimate of drug-likeness (QED) is 0.727. The molecule has 1 aromatic heterocycles. The van der Waals surface area contributed by atoms with Gasteiger partial charge >= 0.3 is 0 Å². The van der Waals surface area contributed by atoms with Gasteiger partial charge in [0.25, 0.3) is 5.91 Å². The number of carbonyl (C=O) groups is 3. The minimum Gasteiger partial charge on any atom is -0.341 e. The van der Waals surface area contributed by atoms with Crippen LogP contribution in [0.5, 0.6) is 0 Å². The highest BCUT2D eigenvalue weighted by atomic mass is 16.2. The first-order valence-corrected chi connectivity index (χ1v) is 11.5. The van der Waals surface area contributed by atoms with Crippen LogP contribution in [0, 0.1) is 12.8 Å². The van der Waals surface area contributed by atoms with Gasteiger partial charge in [0.05, 0.1) is 0 Å². The number of aryl methyl sites for hydroxylation is 1. The van der Waals surface area contributed by atoms with Gasteiger partial charge in [0.1, 0.15) is 11.9 Å². The van der Waals surface area contributed by atoms with Crippen LogP contribution < -0.4 is 10.6 Å². The molecular formula is C26H34N4O3. The second-order valence-corrected chi connectivity index (χ2v) is 9.83. The molecule has 0 bridgehead atoms. The number of amides is 3. The Hall–Kier alpha value is -3.22. The summed E-state index contributed by atoms with van der Waals surface area (Å²) < 4.78 is 0. The summed E-state index contributed by atoms with van der Waals surface area (Å²) in [5.74, 6) is -0.0849. The van der Waals surface area contributed by atoms with Crippen LogP contribution in [0.1, 0.15) is 62.0 Å². The molecule has 1 atom stereocenters. The topological polar surface area (TPSA) is 91.4 Å².